The van der Waals surface area contributed by atoms with Gasteiger partial charge in [0, 0.05) is 4.47 Å². The summed E-state index contributed by atoms with van der Waals surface area (Å²) in [7, 11) is 0. The maximum atomic E-state index is 11.0. The lowest BCUT2D eigenvalue weighted by atomic mass is 9.79. The Morgan fingerprint density at radius 3 is 2.57 bits per heavy atom. The van der Waals surface area contributed by atoms with Crippen LogP contribution in [-0.4, -0.2) is 56.7 Å². The van der Waals surface area contributed by atoms with Crippen LogP contribution in [0.5, 0.6) is 0 Å². The molecule has 6 nitrogen and oxygen atoms in total. The van der Waals surface area contributed by atoms with Crippen LogP contribution in [-0.2, 0) is 10.3 Å². The van der Waals surface area contributed by atoms with Gasteiger partial charge in [-0.3, -0.25) is 0 Å². The van der Waals surface area contributed by atoms with Crippen LogP contribution in [0.4, 0.5) is 0 Å². The lowest BCUT2D eigenvalue weighted by molar-refractivity contribution is -0.334. The summed E-state index contributed by atoms with van der Waals surface area (Å²) in [5.41, 5.74) is -1.99. The predicted octanol–water partition coefficient (Wildman–Crippen LogP) is 0.221. The molecule has 7 heteroatoms. The molecule has 2 aromatic rings. The van der Waals surface area contributed by atoms with E-state index in [1.807, 2.05) is 12.1 Å². The molecule has 0 saturated carbocycles. The number of fused-ring (bicyclic) bond motifs is 1. The lowest BCUT2D eigenvalue weighted by Gasteiger charge is -2.46. The van der Waals surface area contributed by atoms with E-state index in [0.29, 0.717) is 5.39 Å². The van der Waals surface area contributed by atoms with Crippen molar-refractivity contribution in [2.24, 2.45) is 0 Å². The van der Waals surface area contributed by atoms with E-state index < -0.39 is 36.8 Å². The second kappa shape index (κ2) is 6.10. The van der Waals surface area contributed by atoms with E-state index in [1.165, 1.54) is 0 Å². The highest BCUT2D eigenvalue weighted by atomic mass is 79.9. The monoisotopic (exact) mass is 384 g/mol. The van der Waals surface area contributed by atoms with Gasteiger partial charge in [0.2, 0.25) is 0 Å². The number of aliphatic hydroxyl groups excluding tert-OH is 4. The van der Waals surface area contributed by atoms with Gasteiger partial charge in [-0.1, -0.05) is 40.2 Å². The van der Waals surface area contributed by atoms with Crippen molar-refractivity contribution >= 4 is 26.7 Å². The molecule has 23 heavy (non-hydrogen) atoms. The van der Waals surface area contributed by atoms with Crippen molar-refractivity contribution in [2.45, 2.75) is 30.2 Å². The smallest absolute Gasteiger partial charge is 0.191 e. The Labute approximate surface area is 140 Å². The normalized spacial score (nSPS) is 34.7. The minimum Gasteiger partial charge on any atom is -0.394 e. The molecular formula is C16H17BrO6. The van der Waals surface area contributed by atoms with Crippen molar-refractivity contribution < 1.29 is 30.3 Å². The summed E-state index contributed by atoms with van der Waals surface area (Å²) in [6, 6.07) is 10.4. The maximum Gasteiger partial charge on any atom is 0.191 e. The molecule has 1 aliphatic rings. The molecule has 0 amide bonds. The number of halogens is 1. The number of ether oxygens (including phenoxy) is 1. The van der Waals surface area contributed by atoms with E-state index >= 15 is 0 Å². The summed E-state index contributed by atoms with van der Waals surface area (Å²) >= 11 is 3.36. The first-order valence-corrected chi connectivity index (χ1v) is 7.90. The SMILES string of the molecule is OC[C@H]1O[C@H](O)[C@](O)(c2cccc3cc(Br)ccc23)[C@@H](O)[C@@H]1O. The van der Waals surface area contributed by atoms with Crippen LogP contribution in [0.1, 0.15) is 5.56 Å². The Morgan fingerprint density at radius 1 is 1.13 bits per heavy atom. The van der Waals surface area contributed by atoms with Crippen molar-refractivity contribution in [3.63, 3.8) is 0 Å². The van der Waals surface area contributed by atoms with Crippen LogP contribution in [0.3, 0.4) is 0 Å². The highest BCUT2D eigenvalue weighted by molar-refractivity contribution is 9.10. The van der Waals surface area contributed by atoms with E-state index in [1.54, 1.807) is 24.3 Å². The van der Waals surface area contributed by atoms with Gasteiger partial charge in [0.25, 0.3) is 0 Å². The summed E-state index contributed by atoms with van der Waals surface area (Å²) in [5, 5.41) is 52.1. The van der Waals surface area contributed by atoms with Gasteiger partial charge >= 0.3 is 0 Å². The molecule has 3 rings (SSSR count). The third-order valence-corrected chi connectivity index (χ3v) is 4.78. The van der Waals surface area contributed by atoms with Gasteiger partial charge in [0.05, 0.1) is 6.61 Å². The summed E-state index contributed by atoms with van der Waals surface area (Å²) in [5.74, 6) is 0. The van der Waals surface area contributed by atoms with E-state index in [9.17, 15) is 20.4 Å². The first kappa shape index (κ1) is 16.8. The third kappa shape index (κ3) is 2.58. The number of aliphatic hydroxyl groups is 5. The first-order chi connectivity index (χ1) is 10.9. The van der Waals surface area contributed by atoms with Crippen LogP contribution in [0.15, 0.2) is 40.9 Å². The summed E-state index contributed by atoms with van der Waals surface area (Å²) in [6.07, 6.45) is -6.24. The number of hydrogen-bond acceptors (Lipinski definition) is 6. The zero-order valence-corrected chi connectivity index (χ0v) is 13.6. The fourth-order valence-corrected chi connectivity index (χ4v) is 3.39. The molecule has 0 bridgehead atoms. The molecule has 0 aromatic heterocycles. The molecular weight excluding hydrogens is 368 g/mol. The highest BCUT2D eigenvalue weighted by Gasteiger charge is 2.55. The fraction of sp³-hybridized carbons (Fsp3) is 0.375. The topological polar surface area (TPSA) is 110 Å². The zero-order valence-electron chi connectivity index (χ0n) is 12.0. The van der Waals surface area contributed by atoms with Crippen molar-refractivity contribution in [3.05, 3.63) is 46.4 Å². The highest BCUT2D eigenvalue weighted by Crippen LogP contribution is 2.40. The van der Waals surface area contributed by atoms with E-state index in [-0.39, 0.29) is 5.56 Å². The summed E-state index contributed by atoms with van der Waals surface area (Å²) in [4.78, 5) is 0. The van der Waals surface area contributed by atoms with Crippen molar-refractivity contribution in [2.75, 3.05) is 6.61 Å². The Hall–Kier alpha value is -1.06. The van der Waals surface area contributed by atoms with Gasteiger partial charge in [-0.2, -0.15) is 0 Å². The van der Waals surface area contributed by atoms with Gasteiger partial charge in [-0.05, 0) is 28.5 Å². The quantitative estimate of drug-likeness (QED) is 0.506. The van der Waals surface area contributed by atoms with Crippen molar-refractivity contribution in [1.29, 1.82) is 0 Å². The molecule has 0 unspecified atom stereocenters. The van der Waals surface area contributed by atoms with Crippen LogP contribution in [0.25, 0.3) is 10.8 Å². The molecule has 0 spiro atoms. The Balaban J connectivity index is 2.16. The third-order valence-electron chi connectivity index (χ3n) is 4.29. The fourth-order valence-electron chi connectivity index (χ4n) is 3.01. The minimum absolute atomic E-state index is 0.234. The largest absolute Gasteiger partial charge is 0.394 e. The van der Waals surface area contributed by atoms with Crippen LogP contribution in [0.2, 0.25) is 0 Å². The van der Waals surface area contributed by atoms with Gasteiger partial charge in [-0.15, -0.1) is 0 Å². The number of hydrogen-bond donors (Lipinski definition) is 5. The molecule has 1 aliphatic heterocycles. The van der Waals surface area contributed by atoms with Crippen molar-refractivity contribution in [3.8, 4) is 0 Å². The standard InChI is InChI=1S/C16H17BrO6/c17-9-4-5-10-8(6-9)2-1-3-11(10)16(22)14(20)13(19)12(7-18)23-15(16)21/h1-6,12-15,18-22H,7H2/t12-,13-,14+,15+,16+/m1/s1. The van der Waals surface area contributed by atoms with Crippen LogP contribution < -0.4 is 0 Å². The Bertz CT molecular complexity index is 723. The molecule has 5 N–H and O–H groups in total. The average Bonchev–Trinajstić information content (AvgIpc) is 2.55. The van der Waals surface area contributed by atoms with Gasteiger partial charge in [0.15, 0.2) is 11.9 Å². The second-order valence-electron chi connectivity index (χ2n) is 5.64. The molecule has 5 atom stereocenters. The van der Waals surface area contributed by atoms with Crippen molar-refractivity contribution in [1.82, 2.24) is 0 Å². The minimum atomic E-state index is -2.22. The second-order valence-corrected chi connectivity index (χ2v) is 6.56. The van der Waals surface area contributed by atoms with E-state index in [0.717, 1.165) is 9.86 Å². The Morgan fingerprint density at radius 2 is 1.87 bits per heavy atom. The zero-order chi connectivity index (χ0) is 16.8. The maximum absolute atomic E-state index is 11.0. The molecule has 124 valence electrons. The van der Waals surface area contributed by atoms with Crippen LogP contribution in [0, 0.1) is 0 Å². The molecule has 2 aromatic carbocycles. The van der Waals surface area contributed by atoms with E-state index in [4.69, 9.17) is 9.84 Å². The molecule has 0 aliphatic carbocycles. The summed E-state index contributed by atoms with van der Waals surface area (Å²) < 4.78 is 5.94. The Kier molecular flexibility index (Phi) is 4.45. The first-order valence-electron chi connectivity index (χ1n) is 7.11. The molecule has 1 fully saturated rings. The number of benzene rings is 2. The van der Waals surface area contributed by atoms with Crippen LogP contribution >= 0.6 is 15.9 Å². The molecule has 1 saturated heterocycles. The number of rotatable bonds is 2. The predicted molar refractivity (Wildman–Crippen MR) is 85.5 cm³/mol. The summed E-state index contributed by atoms with van der Waals surface area (Å²) in [6.45, 7) is -0.589. The van der Waals surface area contributed by atoms with E-state index in [2.05, 4.69) is 15.9 Å². The lowest BCUT2D eigenvalue weighted by Crippen LogP contribution is -2.64. The molecule has 1 heterocycles. The van der Waals surface area contributed by atoms with Gasteiger partial charge in [0.1, 0.15) is 18.3 Å². The van der Waals surface area contributed by atoms with Gasteiger partial charge < -0.3 is 30.3 Å². The average molecular weight is 385 g/mol. The molecule has 0 radical (unpaired) electrons. The van der Waals surface area contributed by atoms with Gasteiger partial charge in [-0.25, -0.2) is 0 Å².